The molecule has 1 aromatic heterocycles. The Hall–Kier alpha value is -1.39. The molecule has 0 aliphatic carbocycles. The predicted octanol–water partition coefficient (Wildman–Crippen LogP) is 4.05. The van der Waals surface area contributed by atoms with Gasteiger partial charge in [-0.25, -0.2) is 9.65 Å². The van der Waals surface area contributed by atoms with E-state index < -0.39 is 7.75 Å². The van der Waals surface area contributed by atoms with Crippen LogP contribution in [0.25, 0.3) is 0 Å². The van der Waals surface area contributed by atoms with Crippen molar-refractivity contribution >= 4 is 19.3 Å². The Labute approximate surface area is 128 Å². The molecule has 112 valence electrons. The number of pyridine rings is 1. The summed E-state index contributed by atoms with van der Waals surface area (Å²) in [6.45, 7) is 2.35. The topological polar surface area (TPSA) is 60.5 Å². The maximum atomic E-state index is 12.6. The standard InChI is InChI=1S/C14H16ClN2O3P/c1-2-19-21(18,17-11-12-4-3-9-16-10-12)20-14-7-5-13(15)6-8-14/h3-10H,2,11H2,1H3,(H,17,18). The third-order valence-corrected chi connectivity index (χ3v) is 4.38. The predicted molar refractivity (Wildman–Crippen MR) is 82.4 cm³/mol. The number of rotatable bonds is 7. The molecule has 0 aliphatic rings. The minimum atomic E-state index is -3.44. The zero-order valence-electron chi connectivity index (χ0n) is 11.5. The van der Waals surface area contributed by atoms with E-state index in [1.807, 2.05) is 12.1 Å². The van der Waals surface area contributed by atoms with Crippen LogP contribution < -0.4 is 9.61 Å². The lowest BCUT2D eigenvalue weighted by Crippen LogP contribution is -2.16. The average molecular weight is 327 g/mol. The van der Waals surface area contributed by atoms with Crippen molar-refractivity contribution in [2.24, 2.45) is 0 Å². The summed E-state index contributed by atoms with van der Waals surface area (Å²) in [5, 5.41) is 3.40. The van der Waals surface area contributed by atoms with E-state index in [9.17, 15) is 4.57 Å². The fourth-order valence-corrected chi connectivity index (χ4v) is 3.05. The Morgan fingerprint density at radius 2 is 2.05 bits per heavy atom. The molecule has 7 heteroatoms. The fourth-order valence-electron chi connectivity index (χ4n) is 1.60. The number of halogens is 1. The van der Waals surface area contributed by atoms with Crippen molar-refractivity contribution in [1.82, 2.24) is 10.1 Å². The highest BCUT2D eigenvalue weighted by atomic mass is 35.5. The highest BCUT2D eigenvalue weighted by molar-refractivity contribution is 7.52. The summed E-state index contributed by atoms with van der Waals surface area (Å²) < 4.78 is 23.3. The van der Waals surface area contributed by atoms with Crippen LogP contribution in [-0.4, -0.2) is 11.6 Å². The van der Waals surface area contributed by atoms with E-state index in [1.54, 1.807) is 43.6 Å². The zero-order valence-corrected chi connectivity index (χ0v) is 13.2. The summed E-state index contributed by atoms with van der Waals surface area (Å²) >= 11 is 5.81. The first-order valence-electron chi connectivity index (χ1n) is 6.45. The van der Waals surface area contributed by atoms with Crippen LogP contribution in [0.2, 0.25) is 5.02 Å². The Balaban J connectivity index is 2.05. The number of nitrogens with zero attached hydrogens (tertiary/aromatic N) is 1. The van der Waals surface area contributed by atoms with Gasteiger partial charge in [0.05, 0.1) is 6.61 Å². The van der Waals surface area contributed by atoms with Gasteiger partial charge in [-0.2, -0.15) is 0 Å². The number of benzene rings is 1. The van der Waals surface area contributed by atoms with E-state index in [1.165, 1.54) is 0 Å². The molecule has 0 bridgehead atoms. The minimum absolute atomic E-state index is 0.269. The number of hydrogen-bond donors (Lipinski definition) is 1. The van der Waals surface area contributed by atoms with Gasteiger partial charge in [0.1, 0.15) is 5.75 Å². The quantitative estimate of drug-likeness (QED) is 0.778. The first-order valence-corrected chi connectivity index (χ1v) is 8.37. The normalized spacial score (nSPS) is 13.6. The second-order valence-corrected chi connectivity index (χ2v) is 6.34. The molecule has 1 atom stereocenters. The van der Waals surface area contributed by atoms with E-state index >= 15 is 0 Å². The summed E-state index contributed by atoms with van der Waals surface area (Å²) in [5.74, 6) is 0.426. The molecule has 0 aliphatic heterocycles. The molecule has 5 nitrogen and oxygen atoms in total. The van der Waals surface area contributed by atoms with Gasteiger partial charge in [0, 0.05) is 24.0 Å². The highest BCUT2D eigenvalue weighted by Gasteiger charge is 2.25. The lowest BCUT2D eigenvalue weighted by Gasteiger charge is -2.19. The second-order valence-electron chi connectivity index (χ2n) is 4.16. The average Bonchev–Trinajstić information content (AvgIpc) is 2.49. The molecule has 0 fully saturated rings. The number of hydrogen-bond acceptors (Lipinski definition) is 4. The van der Waals surface area contributed by atoms with Crippen molar-refractivity contribution in [1.29, 1.82) is 0 Å². The van der Waals surface area contributed by atoms with Crippen LogP contribution >= 0.6 is 19.3 Å². The van der Waals surface area contributed by atoms with Crippen LogP contribution in [0.15, 0.2) is 48.8 Å². The van der Waals surface area contributed by atoms with E-state index in [0.717, 1.165) is 5.56 Å². The molecule has 2 rings (SSSR count). The lowest BCUT2D eigenvalue weighted by molar-refractivity contribution is 0.268. The smallest absolute Gasteiger partial charge is 0.413 e. The third kappa shape index (κ3) is 5.14. The molecule has 0 amide bonds. The van der Waals surface area contributed by atoms with Crippen LogP contribution in [0, 0.1) is 0 Å². The Kier molecular flexibility index (Phi) is 5.76. The largest absolute Gasteiger partial charge is 0.459 e. The molecule has 1 heterocycles. The van der Waals surface area contributed by atoms with Crippen molar-refractivity contribution in [3.63, 3.8) is 0 Å². The van der Waals surface area contributed by atoms with E-state index in [-0.39, 0.29) is 6.61 Å². The van der Waals surface area contributed by atoms with Gasteiger partial charge in [0.15, 0.2) is 0 Å². The summed E-state index contributed by atoms with van der Waals surface area (Å²) in [6, 6.07) is 10.3. The number of aromatic nitrogens is 1. The van der Waals surface area contributed by atoms with E-state index in [4.69, 9.17) is 20.6 Å². The molecule has 21 heavy (non-hydrogen) atoms. The molecule has 0 saturated heterocycles. The monoisotopic (exact) mass is 326 g/mol. The van der Waals surface area contributed by atoms with Crippen molar-refractivity contribution in [3.05, 3.63) is 59.4 Å². The second kappa shape index (κ2) is 7.57. The van der Waals surface area contributed by atoms with E-state index in [2.05, 4.69) is 10.1 Å². The molecule has 0 spiro atoms. The zero-order chi connectivity index (χ0) is 15.1. The lowest BCUT2D eigenvalue weighted by atomic mass is 10.3. The Morgan fingerprint density at radius 3 is 2.67 bits per heavy atom. The first kappa shape index (κ1) is 16.0. The summed E-state index contributed by atoms with van der Waals surface area (Å²) in [4.78, 5) is 4.00. The van der Waals surface area contributed by atoms with Gasteiger partial charge in [0.2, 0.25) is 0 Å². The van der Waals surface area contributed by atoms with Crippen LogP contribution in [0.4, 0.5) is 0 Å². The molecule has 2 aromatic rings. The van der Waals surface area contributed by atoms with Gasteiger partial charge in [-0.3, -0.25) is 9.51 Å². The van der Waals surface area contributed by atoms with Crippen LogP contribution in [0.3, 0.4) is 0 Å². The summed E-state index contributed by atoms with van der Waals surface area (Å²) in [7, 11) is -3.44. The van der Waals surface area contributed by atoms with Crippen LogP contribution in [0.1, 0.15) is 12.5 Å². The van der Waals surface area contributed by atoms with Gasteiger partial charge >= 0.3 is 7.75 Å². The molecule has 0 saturated carbocycles. The Morgan fingerprint density at radius 1 is 1.29 bits per heavy atom. The first-order chi connectivity index (χ1) is 10.1. The highest BCUT2D eigenvalue weighted by Crippen LogP contribution is 2.44. The minimum Gasteiger partial charge on any atom is -0.413 e. The van der Waals surface area contributed by atoms with Crippen LogP contribution in [-0.2, 0) is 15.6 Å². The Bertz CT molecular complexity index is 607. The maximum absolute atomic E-state index is 12.6. The fraction of sp³-hybridized carbons (Fsp3) is 0.214. The van der Waals surface area contributed by atoms with Crippen molar-refractivity contribution in [2.45, 2.75) is 13.5 Å². The van der Waals surface area contributed by atoms with Crippen molar-refractivity contribution < 1.29 is 13.6 Å². The number of nitrogens with one attached hydrogen (secondary N) is 1. The van der Waals surface area contributed by atoms with Crippen molar-refractivity contribution in [3.8, 4) is 5.75 Å². The van der Waals surface area contributed by atoms with E-state index in [0.29, 0.717) is 17.3 Å². The molecule has 1 aromatic carbocycles. The maximum Gasteiger partial charge on any atom is 0.459 e. The molecule has 1 unspecified atom stereocenters. The summed E-state index contributed by atoms with van der Waals surface area (Å²) in [6.07, 6.45) is 3.36. The van der Waals surface area contributed by atoms with Crippen molar-refractivity contribution in [2.75, 3.05) is 6.61 Å². The third-order valence-electron chi connectivity index (χ3n) is 2.54. The molecule has 1 N–H and O–H groups in total. The van der Waals surface area contributed by atoms with Gasteiger partial charge in [0.25, 0.3) is 0 Å². The van der Waals surface area contributed by atoms with Gasteiger partial charge < -0.3 is 4.52 Å². The molecule has 0 radical (unpaired) electrons. The van der Waals surface area contributed by atoms with Crippen LogP contribution in [0.5, 0.6) is 5.75 Å². The summed E-state index contributed by atoms with van der Waals surface area (Å²) in [5.41, 5.74) is 0.886. The van der Waals surface area contributed by atoms with Gasteiger partial charge in [-0.1, -0.05) is 17.7 Å². The molecular formula is C14H16ClN2O3P. The van der Waals surface area contributed by atoms with Gasteiger partial charge in [-0.15, -0.1) is 0 Å². The molecular weight excluding hydrogens is 311 g/mol. The SMILES string of the molecule is CCOP(=O)(NCc1cccnc1)Oc1ccc(Cl)cc1. The van der Waals surface area contributed by atoms with Gasteiger partial charge in [-0.05, 0) is 42.8 Å².